The molecule has 1 amide bonds. The van der Waals surface area contributed by atoms with E-state index in [0.717, 1.165) is 23.1 Å². The highest BCUT2D eigenvalue weighted by molar-refractivity contribution is 6.01. The van der Waals surface area contributed by atoms with Gasteiger partial charge in [0.05, 0.1) is 17.9 Å². The number of primary amides is 1. The topological polar surface area (TPSA) is 134 Å². The molecule has 8 heteroatoms. The van der Waals surface area contributed by atoms with Crippen LogP contribution >= 0.6 is 0 Å². The maximum Gasteiger partial charge on any atom is 0.275 e. The molecular weight excluding hydrogens is 442 g/mol. The molecule has 0 saturated carbocycles. The van der Waals surface area contributed by atoms with Crippen molar-refractivity contribution >= 4 is 23.4 Å². The van der Waals surface area contributed by atoms with E-state index in [2.05, 4.69) is 15.3 Å². The zero-order valence-corrected chi connectivity index (χ0v) is 20.3. The second-order valence-electron chi connectivity index (χ2n) is 8.03. The smallest absolute Gasteiger partial charge is 0.275 e. The monoisotopic (exact) mass is 473 g/mol. The van der Waals surface area contributed by atoms with E-state index in [9.17, 15) is 9.59 Å². The Bertz CT molecular complexity index is 1290. The predicted molar refractivity (Wildman–Crippen MR) is 140 cm³/mol. The van der Waals surface area contributed by atoms with Crippen molar-refractivity contribution < 1.29 is 9.53 Å². The molecule has 0 atom stereocenters. The Labute approximate surface area is 204 Å². The number of carbonyl (C=O) groups excluding carboxylic acids is 1. The quantitative estimate of drug-likeness (QED) is 0.245. The molecular formula is C27H31N5O3. The van der Waals surface area contributed by atoms with Crippen molar-refractivity contribution in [3.63, 3.8) is 0 Å². The Kier molecular flexibility index (Phi) is 8.56. The summed E-state index contributed by atoms with van der Waals surface area (Å²) >= 11 is 0. The van der Waals surface area contributed by atoms with E-state index in [1.165, 1.54) is 6.08 Å². The van der Waals surface area contributed by atoms with Gasteiger partial charge in [0, 0.05) is 13.1 Å². The first-order chi connectivity index (χ1) is 16.9. The van der Waals surface area contributed by atoms with Gasteiger partial charge in [-0.15, -0.1) is 0 Å². The molecule has 3 aromatic rings. The molecule has 1 aromatic heterocycles. The van der Waals surface area contributed by atoms with Gasteiger partial charge in [-0.05, 0) is 54.7 Å². The fourth-order valence-corrected chi connectivity index (χ4v) is 3.73. The number of anilines is 1. The minimum Gasteiger partial charge on any atom is -0.493 e. The fourth-order valence-electron chi connectivity index (χ4n) is 3.73. The third-order valence-corrected chi connectivity index (χ3v) is 5.38. The third kappa shape index (κ3) is 6.44. The van der Waals surface area contributed by atoms with Gasteiger partial charge in [0.15, 0.2) is 0 Å². The summed E-state index contributed by atoms with van der Waals surface area (Å²) in [6, 6.07) is 13.6. The Balaban J connectivity index is 2.00. The third-order valence-electron chi connectivity index (χ3n) is 5.38. The summed E-state index contributed by atoms with van der Waals surface area (Å²) < 4.78 is 5.83. The summed E-state index contributed by atoms with van der Waals surface area (Å²) in [7, 11) is 1.65. The maximum absolute atomic E-state index is 12.8. The van der Waals surface area contributed by atoms with Crippen molar-refractivity contribution in [2.75, 3.05) is 19.0 Å². The van der Waals surface area contributed by atoms with Gasteiger partial charge < -0.3 is 26.2 Å². The number of aromatic nitrogens is 2. The van der Waals surface area contributed by atoms with Crippen molar-refractivity contribution in [2.24, 2.45) is 5.73 Å². The van der Waals surface area contributed by atoms with Crippen molar-refractivity contribution in [1.82, 2.24) is 9.97 Å². The number of rotatable bonds is 11. The Morgan fingerprint density at radius 1 is 1.17 bits per heavy atom. The van der Waals surface area contributed by atoms with Crippen LogP contribution in [0.5, 0.6) is 5.75 Å². The SMILES string of the molecule is CCCC(=N)c1nc(-c2cc(Cc3ccc(/C=C/C(N)=O)cc3)ccc2OCC)[nH]c(=O)c1NC. The summed E-state index contributed by atoms with van der Waals surface area (Å²) in [4.78, 5) is 31.3. The van der Waals surface area contributed by atoms with E-state index in [4.69, 9.17) is 15.9 Å². The Morgan fingerprint density at radius 3 is 2.51 bits per heavy atom. The summed E-state index contributed by atoms with van der Waals surface area (Å²) in [6.45, 7) is 4.34. The van der Waals surface area contributed by atoms with Crippen molar-refractivity contribution in [1.29, 1.82) is 5.41 Å². The zero-order chi connectivity index (χ0) is 25.4. The molecule has 2 aromatic carbocycles. The van der Waals surface area contributed by atoms with Gasteiger partial charge in [0.25, 0.3) is 5.56 Å². The Hall–Kier alpha value is -4.20. The van der Waals surface area contributed by atoms with Crippen LogP contribution in [-0.2, 0) is 11.2 Å². The summed E-state index contributed by atoms with van der Waals surface area (Å²) in [6.07, 6.45) is 4.95. The molecule has 0 bridgehead atoms. The number of H-pyrrole nitrogens is 1. The van der Waals surface area contributed by atoms with Gasteiger partial charge >= 0.3 is 0 Å². The van der Waals surface area contributed by atoms with Crippen LogP contribution < -0.4 is 21.3 Å². The largest absolute Gasteiger partial charge is 0.493 e. The second kappa shape index (κ2) is 11.8. The molecule has 0 aliphatic carbocycles. The maximum atomic E-state index is 12.8. The van der Waals surface area contributed by atoms with E-state index in [1.807, 2.05) is 56.3 Å². The molecule has 182 valence electrons. The van der Waals surface area contributed by atoms with E-state index >= 15 is 0 Å². The number of hydrogen-bond donors (Lipinski definition) is 4. The molecule has 0 fully saturated rings. The number of nitrogens with zero attached hydrogens (tertiary/aromatic N) is 1. The molecule has 35 heavy (non-hydrogen) atoms. The number of nitrogens with one attached hydrogen (secondary N) is 3. The highest BCUT2D eigenvalue weighted by Crippen LogP contribution is 2.30. The van der Waals surface area contributed by atoms with Gasteiger partial charge in [0.2, 0.25) is 5.91 Å². The normalized spacial score (nSPS) is 10.9. The highest BCUT2D eigenvalue weighted by atomic mass is 16.5. The number of benzene rings is 2. The molecule has 0 saturated heterocycles. The molecule has 5 N–H and O–H groups in total. The summed E-state index contributed by atoms with van der Waals surface area (Å²) in [5, 5.41) is 11.3. The average molecular weight is 474 g/mol. The lowest BCUT2D eigenvalue weighted by atomic mass is 10.0. The van der Waals surface area contributed by atoms with Crippen molar-refractivity contribution in [3.05, 3.63) is 81.3 Å². The molecule has 0 unspecified atom stereocenters. The molecule has 0 aliphatic heterocycles. The van der Waals surface area contributed by atoms with E-state index in [1.54, 1.807) is 13.1 Å². The Morgan fingerprint density at radius 2 is 1.89 bits per heavy atom. The van der Waals surface area contributed by atoms with Gasteiger partial charge in [-0.3, -0.25) is 9.59 Å². The van der Waals surface area contributed by atoms with E-state index in [0.29, 0.717) is 48.0 Å². The van der Waals surface area contributed by atoms with Crippen LogP contribution in [0.15, 0.2) is 53.3 Å². The average Bonchev–Trinajstić information content (AvgIpc) is 2.84. The number of aromatic amines is 1. The van der Waals surface area contributed by atoms with Crippen LogP contribution in [0.4, 0.5) is 5.69 Å². The van der Waals surface area contributed by atoms with Crippen LogP contribution in [-0.4, -0.2) is 35.2 Å². The predicted octanol–water partition coefficient (Wildman–Crippen LogP) is 4.13. The van der Waals surface area contributed by atoms with Crippen LogP contribution in [0, 0.1) is 5.41 Å². The number of ether oxygens (including phenoxy) is 1. The van der Waals surface area contributed by atoms with Crippen LogP contribution in [0.3, 0.4) is 0 Å². The number of carbonyl (C=O) groups is 1. The fraction of sp³-hybridized carbons (Fsp3) is 0.259. The van der Waals surface area contributed by atoms with E-state index in [-0.39, 0.29) is 11.2 Å². The van der Waals surface area contributed by atoms with Gasteiger partial charge in [-0.2, -0.15) is 0 Å². The van der Waals surface area contributed by atoms with Crippen LogP contribution in [0.2, 0.25) is 0 Å². The van der Waals surface area contributed by atoms with Gasteiger partial charge in [0.1, 0.15) is 23.0 Å². The van der Waals surface area contributed by atoms with Gasteiger partial charge in [-0.25, -0.2) is 4.98 Å². The van der Waals surface area contributed by atoms with Gasteiger partial charge in [-0.1, -0.05) is 43.7 Å². The van der Waals surface area contributed by atoms with Crippen molar-refractivity contribution in [3.8, 4) is 17.1 Å². The highest BCUT2D eigenvalue weighted by Gasteiger charge is 2.18. The lowest BCUT2D eigenvalue weighted by Gasteiger charge is -2.15. The zero-order valence-electron chi connectivity index (χ0n) is 20.3. The van der Waals surface area contributed by atoms with Crippen molar-refractivity contribution in [2.45, 2.75) is 33.1 Å². The summed E-state index contributed by atoms with van der Waals surface area (Å²) in [5.74, 6) is 0.483. The first-order valence-corrected chi connectivity index (χ1v) is 11.6. The molecule has 8 nitrogen and oxygen atoms in total. The molecule has 0 radical (unpaired) electrons. The summed E-state index contributed by atoms with van der Waals surface area (Å²) in [5.41, 5.74) is 9.40. The molecule has 1 heterocycles. The lowest BCUT2D eigenvalue weighted by molar-refractivity contribution is -0.113. The molecule has 3 rings (SSSR count). The molecule has 0 spiro atoms. The minimum atomic E-state index is -0.488. The van der Waals surface area contributed by atoms with Crippen LogP contribution in [0.25, 0.3) is 17.5 Å². The second-order valence-corrected chi connectivity index (χ2v) is 8.03. The first-order valence-electron chi connectivity index (χ1n) is 11.6. The lowest BCUT2D eigenvalue weighted by Crippen LogP contribution is -2.20. The number of amides is 1. The van der Waals surface area contributed by atoms with Crippen LogP contribution in [0.1, 0.15) is 49.1 Å². The first kappa shape index (κ1) is 25.4. The standard InChI is InChI=1S/C27H31N5O3/c1-4-6-21(28)24-25(30-3)27(34)32-26(31-24)20-16-19(11-13-22(20)35-5-2)15-18-9-7-17(8-10-18)12-14-23(29)33/h7-14,16,28,30H,4-6,15H2,1-3H3,(H2,29,33)(H,31,32,34)/b14-12+,28-21?. The minimum absolute atomic E-state index is 0.284. The number of hydrogen-bond acceptors (Lipinski definition) is 6. The van der Waals surface area contributed by atoms with E-state index < -0.39 is 5.91 Å². The molecule has 0 aliphatic rings. The number of nitrogens with two attached hydrogens (primary N) is 1.